The Morgan fingerprint density at radius 1 is 1.04 bits per heavy atom. The van der Waals surface area contributed by atoms with Gasteiger partial charge in [0.2, 0.25) is 0 Å². The third kappa shape index (κ3) is 3.50. The molecule has 0 atom stereocenters. The van der Waals surface area contributed by atoms with Crippen LogP contribution in [0.4, 0.5) is 11.5 Å². The monoisotopic (exact) mass is 336 g/mol. The summed E-state index contributed by atoms with van der Waals surface area (Å²) in [7, 11) is 0. The van der Waals surface area contributed by atoms with Crippen LogP contribution in [0.5, 0.6) is 0 Å². The number of aromatic nitrogens is 2. The molecular formula is C20H24N4O. The van der Waals surface area contributed by atoms with Gasteiger partial charge in [-0.3, -0.25) is 4.79 Å². The van der Waals surface area contributed by atoms with Crippen molar-refractivity contribution in [1.29, 1.82) is 0 Å². The molecule has 1 amide bonds. The molecule has 0 saturated heterocycles. The molecule has 1 aliphatic heterocycles. The molecule has 2 heterocycles. The van der Waals surface area contributed by atoms with E-state index in [0.717, 1.165) is 31.6 Å². The quantitative estimate of drug-likeness (QED) is 0.870. The highest BCUT2D eigenvalue weighted by molar-refractivity contribution is 5.92. The molecule has 1 saturated carbocycles. The molecule has 0 spiro atoms. The predicted molar refractivity (Wildman–Crippen MR) is 98.1 cm³/mol. The van der Waals surface area contributed by atoms with E-state index in [-0.39, 0.29) is 11.9 Å². The first kappa shape index (κ1) is 16.1. The van der Waals surface area contributed by atoms with Crippen LogP contribution in [0, 0.1) is 0 Å². The fourth-order valence-electron chi connectivity index (χ4n) is 3.84. The van der Waals surface area contributed by atoms with Gasteiger partial charge in [-0.1, -0.05) is 43.9 Å². The number of amides is 1. The number of nitrogens with one attached hydrogen (secondary N) is 1. The van der Waals surface area contributed by atoms with E-state index in [1.54, 1.807) is 12.4 Å². The molecule has 1 aromatic heterocycles. The molecule has 5 heteroatoms. The SMILES string of the molecule is O=C(NC1CCCCCC1)c1cnc(N2CCc3ccccc32)cn1. The normalized spacial score (nSPS) is 17.8. The second-order valence-corrected chi connectivity index (χ2v) is 6.95. The molecule has 0 radical (unpaired) electrons. The van der Waals surface area contributed by atoms with Gasteiger partial charge in [-0.15, -0.1) is 0 Å². The van der Waals surface area contributed by atoms with Crippen LogP contribution in [0.25, 0.3) is 0 Å². The van der Waals surface area contributed by atoms with Crippen LogP contribution in [-0.4, -0.2) is 28.5 Å². The number of benzene rings is 1. The van der Waals surface area contributed by atoms with Gasteiger partial charge in [-0.25, -0.2) is 9.97 Å². The summed E-state index contributed by atoms with van der Waals surface area (Å²) >= 11 is 0. The molecule has 25 heavy (non-hydrogen) atoms. The van der Waals surface area contributed by atoms with Gasteiger partial charge >= 0.3 is 0 Å². The fourth-order valence-corrected chi connectivity index (χ4v) is 3.84. The largest absolute Gasteiger partial charge is 0.348 e. The molecule has 1 aromatic carbocycles. The smallest absolute Gasteiger partial charge is 0.271 e. The zero-order valence-corrected chi connectivity index (χ0v) is 14.4. The van der Waals surface area contributed by atoms with Crippen molar-refractivity contribution in [1.82, 2.24) is 15.3 Å². The molecule has 1 N–H and O–H groups in total. The maximum Gasteiger partial charge on any atom is 0.271 e. The average molecular weight is 336 g/mol. The van der Waals surface area contributed by atoms with E-state index in [9.17, 15) is 4.79 Å². The Hall–Kier alpha value is -2.43. The standard InChI is InChI=1S/C20H24N4O/c25-20(23-16-8-3-1-2-4-9-16)17-13-22-19(14-21-17)24-12-11-15-7-5-6-10-18(15)24/h5-7,10,13-14,16H,1-4,8-9,11-12H2,(H,23,25). The minimum Gasteiger partial charge on any atom is -0.348 e. The van der Waals surface area contributed by atoms with E-state index < -0.39 is 0 Å². The van der Waals surface area contributed by atoms with Crippen LogP contribution < -0.4 is 10.2 Å². The summed E-state index contributed by atoms with van der Waals surface area (Å²) in [5, 5.41) is 3.12. The summed E-state index contributed by atoms with van der Waals surface area (Å²) in [6.45, 7) is 0.904. The van der Waals surface area contributed by atoms with Gasteiger partial charge in [-0.05, 0) is 30.9 Å². The van der Waals surface area contributed by atoms with Gasteiger partial charge in [0.1, 0.15) is 5.69 Å². The van der Waals surface area contributed by atoms with Crippen LogP contribution >= 0.6 is 0 Å². The van der Waals surface area contributed by atoms with E-state index in [0.29, 0.717) is 5.69 Å². The number of nitrogens with zero attached hydrogens (tertiary/aromatic N) is 3. The number of anilines is 2. The Bertz CT molecular complexity index is 736. The Balaban J connectivity index is 1.44. The van der Waals surface area contributed by atoms with Crippen molar-refractivity contribution in [2.24, 2.45) is 0 Å². The molecule has 5 nitrogen and oxygen atoms in total. The minimum atomic E-state index is -0.104. The van der Waals surface area contributed by atoms with Crippen molar-refractivity contribution in [2.75, 3.05) is 11.4 Å². The van der Waals surface area contributed by atoms with Gasteiger partial charge in [0.05, 0.1) is 12.4 Å². The van der Waals surface area contributed by atoms with Gasteiger partial charge in [0.25, 0.3) is 5.91 Å². The van der Waals surface area contributed by atoms with E-state index >= 15 is 0 Å². The predicted octanol–water partition coefficient (Wildman–Crippen LogP) is 3.62. The van der Waals surface area contributed by atoms with Crippen molar-refractivity contribution < 1.29 is 4.79 Å². The molecule has 0 unspecified atom stereocenters. The van der Waals surface area contributed by atoms with Crippen LogP contribution in [-0.2, 0) is 6.42 Å². The van der Waals surface area contributed by atoms with Gasteiger partial charge in [0, 0.05) is 18.3 Å². The first-order valence-corrected chi connectivity index (χ1v) is 9.29. The first-order valence-electron chi connectivity index (χ1n) is 9.29. The number of rotatable bonds is 3. The van der Waals surface area contributed by atoms with Crippen LogP contribution in [0.2, 0.25) is 0 Å². The lowest BCUT2D eigenvalue weighted by Gasteiger charge is -2.18. The highest BCUT2D eigenvalue weighted by Gasteiger charge is 2.22. The zero-order valence-electron chi connectivity index (χ0n) is 14.4. The number of carbonyl (C=O) groups is 1. The Morgan fingerprint density at radius 2 is 1.84 bits per heavy atom. The Labute approximate surface area is 148 Å². The first-order chi connectivity index (χ1) is 12.3. The number of fused-ring (bicyclic) bond motifs is 1. The maximum absolute atomic E-state index is 12.4. The summed E-state index contributed by atoms with van der Waals surface area (Å²) in [6.07, 6.45) is 11.4. The Kier molecular flexibility index (Phi) is 4.63. The van der Waals surface area contributed by atoms with Crippen molar-refractivity contribution in [3.63, 3.8) is 0 Å². The number of carbonyl (C=O) groups excluding carboxylic acids is 1. The highest BCUT2D eigenvalue weighted by Crippen LogP contribution is 2.32. The van der Waals surface area contributed by atoms with Crippen LogP contribution in [0.1, 0.15) is 54.6 Å². The lowest BCUT2D eigenvalue weighted by Crippen LogP contribution is -2.35. The fraction of sp³-hybridized carbons (Fsp3) is 0.450. The van der Waals surface area contributed by atoms with Crippen molar-refractivity contribution in [3.8, 4) is 0 Å². The average Bonchev–Trinajstić information content (AvgIpc) is 2.92. The van der Waals surface area contributed by atoms with Crippen molar-refractivity contribution in [3.05, 3.63) is 47.9 Å². The highest BCUT2D eigenvalue weighted by atomic mass is 16.1. The molecule has 1 aliphatic carbocycles. The second kappa shape index (κ2) is 7.21. The van der Waals surface area contributed by atoms with E-state index in [1.807, 2.05) is 6.07 Å². The van der Waals surface area contributed by atoms with Crippen LogP contribution in [0.15, 0.2) is 36.7 Å². The molecule has 2 aromatic rings. The lowest BCUT2D eigenvalue weighted by atomic mass is 10.1. The Morgan fingerprint density at radius 3 is 2.60 bits per heavy atom. The van der Waals surface area contributed by atoms with Gasteiger partial charge < -0.3 is 10.2 Å². The molecule has 130 valence electrons. The van der Waals surface area contributed by atoms with E-state index in [1.165, 1.54) is 36.9 Å². The van der Waals surface area contributed by atoms with Crippen molar-refractivity contribution >= 4 is 17.4 Å². The molecular weight excluding hydrogens is 312 g/mol. The summed E-state index contributed by atoms with van der Waals surface area (Å²) in [5.41, 5.74) is 2.92. The molecule has 2 aliphatic rings. The summed E-state index contributed by atoms with van der Waals surface area (Å²) < 4.78 is 0. The third-order valence-electron chi connectivity index (χ3n) is 5.22. The number of hydrogen-bond acceptors (Lipinski definition) is 4. The zero-order chi connectivity index (χ0) is 17.1. The topological polar surface area (TPSA) is 58.1 Å². The molecule has 1 fully saturated rings. The molecule has 4 rings (SSSR count). The van der Waals surface area contributed by atoms with E-state index in [2.05, 4.69) is 38.4 Å². The summed E-state index contributed by atoms with van der Waals surface area (Å²) in [5.74, 6) is 0.698. The number of hydrogen-bond donors (Lipinski definition) is 1. The van der Waals surface area contributed by atoms with Gasteiger partial charge in [0.15, 0.2) is 5.82 Å². The summed E-state index contributed by atoms with van der Waals surface area (Å²) in [4.78, 5) is 23.5. The van der Waals surface area contributed by atoms with Gasteiger partial charge in [-0.2, -0.15) is 0 Å². The molecule has 0 bridgehead atoms. The lowest BCUT2D eigenvalue weighted by molar-refractivity contribution is 0.0928. The number of para-hydroxylation sites is 1. The summed E-state index contributed by atoms with van der Waals surface area (Å²) in [6, 6.07) is 8.64. The minimum absolute atomic E-state index is 0.104. The third-order valence-corrected chi connectivity index (χ3v) is 5.22. The van der Waals surface area contributed by atoms with E-state index in [4.69, 9.17) is 0 Å². The van der Waals surface area contributed by atoms with Crippen molar-refractivity contribution in [2.45, 2.75) is 51.0 Å². The second-order valence-electron chi connectivity index (χ2n) is 6.95. The van der Waals surface area contributed by atoms with Crippen LogP contribution in [0.3, 0.4) is 0 Å². The maximum atomic E-state index is 12.4.